The predicted octanol–water partition coefficient (Wildman–Crippen LogP) is 4.43. The number of benzene rings is 2. The van der Waals surface area contributed by atoms with Crippen LogP contribution >= 0.6 is 0 Å². The fourth-order valence-corrected chi connectivity index (χ4v) is 3.96. The fourth-order valence-electron chi connectivity index (χ4n) is 3.96. The number of hydrogen-bond acceptors (Lipinski definition) is 7. The lowest BCUT2D eigenvalue weighted by Gasteiger charge is -2.26. The average Bonchev–Trinajstić information content (AvgIpc) is 3.37. The van der Waals surface area contributed by atoms with Gasteiger partial charge >= 0.3 is 6.18 Å². The van der Waals surface area contributed by atoms with Crippen LogP contribution in [0.4, 0.5) is 18.9 Å². The number of nitrogens with one attached hydrogen (secondary N) is 1. The molecule has 4 aromatic rings. The van der Waals surface area contributed by atoms with Gasteiger partial charge in [-0.15, -0.1) is 0 Å². The van der Waals surface area contributed by atoms with Crippen molar-refractivity contribution in [1.82, 2.24) is 19.7 Å². The van der Waals surface area contributed by atoms with E-state index in [0.717, 1.165) is 40.0 Å². The van der Waals surface area contributed by atoms with E-state index < -0.39 is 11.9 Å². The van der Waals surface area contributed by atoms with E-state index in [0.29, 0.717) is 32.9 Å². The average molecular weight is 556 g/mol. The third kappa shape index (κ3) is 7.56. The van der Waals surface area contributed by atoms with E-state index in [1.807, 2.05) is 60.6 Å². The molecule has 1 fully saturated rings. The normalized spacial score (nSPS) is 13.3. The summed E-state index contributed by atoms with van der Waals surface area (Å²) in [6, 6.07) is 17.1. The van der Waals surface area contributed by atoms with Gasteiger partial charge in [-0.3, -0.25) is 14.3 Å². The first-order valence-electron chi connectivity index (χ1n) is 12.5. The van der Waals surface area contributed by atoms with Gasteiger partial charge < -0.3 is 19.7 Å². The molecule has 0 atom stereocenters. The van der Waals surface area contributed by atoms with E-state index in [-0.39, 0.29) is 24.4 Å². The van der Waals surface area contributed by atoms with E-state index in [1.165, 1.54) is 6.07 Å². The summed E-state index contributed by atoms with van der Waals surface area (Å²) in [6.07, 6.45) is -2.32. The summed E-state index contributed by atoms with van der Waals surface area (Å²) >= 11 is 0. The van der Waals surface area contributed by atoms with Crippen LogP contribution in [0.2, 0.25) is 0 Å². The van der Waals surface area contributed by atoms with Crippen molar-refractivity contribution in [1.29, 1.82) is 0 Å². The van der Waals surface area contributed by atoms with Crippen molar-refractivity contribution in [3.05, 3.63) is 83.8 Å². The van der Waals surface area contributed by atoms with E-state index in [9.17, 15) is 22.8 Å². The summed E-state index contributed by atoms with van der Waals surface area (Å²) in [5.74, 6) is 0.800. The molecule has 0 aliphatic carbocycles. The molecule has 0 bridgehead atoms. The van der Waals surface area contributed by atoms with E-state index in [2.05, 4.69) is 15.4 Å². The van der Waals surface area contributed by atoms with Crippen LogP contribution in [0.25, 0.3) is 10.9 Å². The summed E-state index contributed by atoms with van der Waals surface area (Å²) in [4.78, 5) is 27.4. The highest BCUT2D eigenvalue weighted by Crippen LogP contribution is 2.30. The van der Waals surface area contributed by atoms with E-state index in [4.69, 9.17) is 9.47 Å². The minimum Gasteiger partial charge on any atom is -0.487 e. The monoisotopic (exact) mass is 555 g/mol. The van der Waals surface area contributed by atoms with Crippen molar-refractivity contribution in [2.45, 2.75) is 19.3 Å². The number of amides is 1. The molecule has 2 aromatic heterocycles. The zero-order valence-electron chi connectivity index (χ0n) is 21.7. The van der Waals surface area contributed by atoms with Gasteiger partial charge in [0.1, 0.15) is 30.3 Å². The van der Waals surface area contributed by atoms with Gasteiger partial charge in [0.15, 0.2) is 6.29 Å². The Hall–Kier alpha value is -4.45. The van der Waals surface area contributed by atoms with E-state index >= 15 is 0 Å². The van der Waals surface area contributed by atoms with Gasteiger partial charge in [0.25, 0.3) is 0 Å². The Morgan fingerprint density at radius 3 is 2.52 bits per heavy atom. The second kappa shape index (κ2) is 13.1. The summed E-state index contributed by atoms with van der Waals surface area (Å²) in [5.41, 5.74) is 1.53. The number of rotatable bonds is 7. The molecule has 1 amide bonds. The van der Waals surface area contributed by atoms with Crippen LogP contribution in [-0.2, 0) is 28.9 Å². The highest BCUT2D eigenvalue weighted by Gasteiger charge is 2.32. The minimum atomic E-state index is -4.49. The van der Waals surface area contributed by atoms with Crippen molar-refractivity contribution >= 4 is 28.8 Å². The lowest BCUT2D eigenvalue weighted by atomic mass is 10.2. The van der Waals surface area contributed by atoms with Gasteiger partial charge in [-0.2, -0.15) is 18.3 Å². The maximum atomic E-state index is 12.5. The Kier molecular flexibility index (Phi) is 9.33. The molecule has 1 aliphatic rings. The maximum Gasteiger partial charge on any atom is 0.433 e. The first-order valence-corrected chi connectivity index (χ1v) is 12.5. The molecule has 40 heavy (non-hydrogen) atoms. The van der Waals surface area contributed by atoms with Crippen LogP contribution in [-0.4, -0.2) is 65.2 Å². The Morgan fingerprint density at radius 1 is 1.10 bits per heavy atom. The highest BCUT2D eigenvalue weighted by atomic mass is 19.4. The van der Waals surface area contributed by atoms with Gasteiger partial charge in [-0.25, -0.2) is 4.98 Å². The number of aldehydes is 1. The Labute approximate surface area is 228 Å². The number of alkyl halides is 3. The molecule has 12 heteroatoms. The van der Waals surface area contributed by atoms with Crippen molar-refractivity contribution in [2.75, 3.05) is 38.7 Å². The van der Waals surface area contributed by atoms with Crippen LogP contribution in [0.1, 0.15) is 21.7 Å². The molecule has 2 aromatic carbocycles. The molecule has 3 heterocycles. The summed E-state index contributed by atoms with van der Waals surface area (Å²) in [5, 5.41) is 8.71. The molecule has 5 rings (SSSR count). The fraction of sp³-hybridized carbons (Fsp3) is 0.286. The van der Waals surface area contributed by atoms with Crippen LogP contribution < -0.4 is 10.1 Å². The number of carbonyl (C=O) groups excluding carboxylic acids is 2. The minimum absolute atomic E-state index is 0.0606. The Balaban J connectivity index is 0.000000259. The zero-order valence-corrected chi connectivity index (χ0v) is 21.7. The number of pyridine rings is 1. The maximum absolute atomic E-state index is 12.5. The second-order valence-electron chi connectivity index (χ2n) is 8.81. The molecule has 210 valence electrons. The Morgan fingerprint density at radius 2 is 1.85 bits per heavy atom. The van der Waals surface area contributed by atoms with E-state index in [1.54, 1.807) is 4.68 Å². The lowest BCUT2D eigenvalue weighted by molar-refractivity contribution is -0.141. The summed E-state index contributed by atoms with van der Waals surface area (Å²) < 4.78 is 48.8. The SMILES string of the molecule is CNc1cc2cn(CC(=O)N3CCOCC3)nc2cc1OCc1ccccc1.O=Cc1cccc(C(F)(F)F)n1. The molecule has 0 saturated carbocycles. The highest BCUT2D eigenvalue weighted by molar-refractivity contribution is 5.86. The van der Waals surface area contributed by atoms with Gasteiger partial charge in [0, 0.05) is 37.8 Å². The molecule has 1 aliphatic heterocycles. The van der Waals surface area contributed by atoms with Gasteiger partial charge in [0.2, 0.25) is 5.91 Å². The number of aromatic nitrogens is 3. The van der Waals surface area contributed by atoms with Crippen molar-refractivity contribution in [3.8, 4) is 5.75 Å². The van der Waals surface area contributed by atoms with Crippen molar-refractivity contribution in [2.24, 2.45) is 0 Å². The third-order valence-corrected chi connectivity index (χ3v) is 6.00. The van der Waals surface area contributed by atoms with Crippen LogP contribution in [0.5, 0.6) is 5.75 Å². The standard InChI is InChI=1S/C21H24N4O3.C7H4F3NO/c1-22-19-11-17-13-25(14-21(26)24-7-9-27-10-8-24)23-18(17)12-20(19)28-15-16-5-3-2-4-6-16;8-7(9,10)6-3-1-2-5(4-12)11-6/h2-6,11-13,22H,7-10,14-15H2,1H3;1-4H. The smallest absolute Gasteiger partial charge is 0.433 e. The third-order valence-electron chi connectivity index (χ3n) is 6.00. The number of hydrogen-bond donors (Lipinski definition) is 1. The van der Waals surface area contributed by atoms with Crippen molar-refractivity contribution in [3.63, 3.8) is 0 Å². The van der Waals surface area contributed by atoms with Crippen LogP contribution in [0, 0.1) is 0 Å². The topological polar surface area (TPSA) is 98.6 Å². The number of carbonyl (C=O) groups is 2. The molecular formula is C28H28F3N5O4. The van der Waals surface area contributed by atoms with Crippen molar-refractivity contribution < 1.29 is 32.2 Å². The number of fused-ring (bicyclic) bond motifs is 1. The van der Waals surface area contributed by atoms with Crippen LogP contribution in [0.3, 0.4) is 0 Å². The first kappa shape index (κ1) is 28.6. The molecular weight excluding hydrogens is 527 g/mol. The Bertz CT molecular complexity index is 1440. The molecule has 0 radical (unpaired) electrons. The number of anilines is 1. The van der Waals surface area contributed by atoms with Gasteiger partial charge in [0.05, 0.1) is 24.4 Å². The summed E-state index contributed by atoms with van der Waals surface area (Å²) in [7, 11) is 1.86. The molecule has 1 N–H and O–H groups in total. The summed E-state index contributed by atoms with van der Waals surface area (Å²) in [6.45, 7) is 3.18. The second-order valence-corrected chi connectivity index (χ2v) is 8.81. The number of ether oxygens (including phenoxy) is 2. The predicted molar refractivity (Wildman–Crippen MR) is 142 cm³/mol. The largest absolute Gasteiger partial charge is 0.487 e. The quantitative estimate of drug-likeness (QED) is 0.337. The number of nitrogens with zero attached hydrogens (tertiary/aromatic N) is 4. The zero-order chi connectivity index (χ0) is 28.5. The van der Waals surface area contributed by atoms with Crippen LogP contribution in [0.15, 0.2) is 66.9 Å². The molecule has 1 saturated heterocycles. The van der Waals surface area contributed by atoms with Gasteiger partial charge in [-0.1, -0.05) is 36.4 Å². The number of morpholine rings is 1. The molecule has 0 spiro atoms. The first-order chi connectivity index (χ1) is 19.3. The number of halogens is 3. The molecule has 9 nitrogen and oxygen atoms in total. The molecule has 0 unspecified atom stereocenters. The van der Waals surface area contributed by atoms with Gasteiger partial charge in [-0.05, 0) is 23.8 Å². The lowest BCUT2D eigenvalue weighted by Crippen LogP contribution is -2.42.